The highest BCUT2D eigenvalue weighted by Crippen LogP contribution is 2.33. The van der Waals surface area contributed by atoms with Gasteiger partial charge in [0, 0.05) is 0 Å². The van der Waals surface area contributed by atoms with Crippen LogP contribution in [0.5, 0.6) is 0 Å². The van der Waals surface area contributed by atoms with Crippen LogP contribution >= 0.6 is 34.5 Å². The molecule has 3 aromatic rings. The van der Waals surface area contributed by atoms with Crippen molar-refractivity contribution in [3.8, 4) is 0 Å². The van der Waals surface area contributed by atoms with E-state index in [1.165, 1.54) is 17.5 Å². The van der Waals surface area contributed by atoms with Crippen LogP contribution in [-0.4, -0.2) is 15.0 Å². The Balaban J connectivity index is 2.05. The van der Waals surface area contributed by atoms with Crippen LogP contribution in [0.4, 0.5) is 17.2 Å². The summed E-state index contributed by atoms with van der Waals surface area (Å²) in [5, 5.41) is 3.51. The molecule has 0 aliphatic heterocycles. The van der Waals surface area contributed by atoms with E-state index in [9.17, 15) is 0 Å². The monoisotopic (exact) mass is 311 g/mol. The van der Waals surface area contributed by atoms with Crippen LogP contribution in [0.1, 0.15) is 0 Å². The lowest BCUT2D eigenvalue weighted by Gasteiger charge is -2.10. The van der Waals surface area contributed by atoms with Gasteiger partial charge in [-0.15, -0.1) is 11.3 Å². The highest BCUT2D eigenvalue weighted by molar-refractivity contribution is 7.16. The number of nitrogens with two attached hydrogens (primary N) is 1. The minimum Gasteiger partial charge on any atom is -0.395 e. The first kappa shape index (κ1) is 12.4. The number of thiazole rings is 1. The van der Waals surface area contributed by atoms with E-state index in [2.05, 4.69) is 20.3 Å². The summed E-state index contributed by atoms with van der Waals surface area (Å²) in [4.78, 5) is 12.0. The van der Waals surface area contributed by atoms with Gasteiger partial charge in [-0.25, -0.2) is 9.97 Å². The van der Waals surface area contributed by atoms with Crippen molar-refractivity contribution in [2.75, 3.05) is 11.1 Å². The molecule has 0 aliphatic carbocycles. The third-order valence-electron chi connectivity index (χ3n) is 2.51. The zero-order chi connectivity index (χ0) is 13.4. The molecule has 0 unspecified atom stereocenters. The zero-order valence-corrected chi connectivity index (χ0v) is 11.7. The molecule has 0 aliphatic rings. The smallest absolute Gasteiger partial charge is 0.224 e. The summed E-state index contributed by atoms with van der Waals surface area (Å²) < 4.78 is 1.02. The molecular formula is C11H7Cl2N5S. The summed E-state index contributed by atoms with van der Waals surface area (Å²) in [6.45, 7) is 0. The van der Waals surface area contributed by atoms with Gasteiger partial charge in [-0.2, -0.15) is 4.98 Å². The summed E-state index contributed by atoms with van der Waals surface area (Å²) in [6, 6.07) is 3.78. The van der Waals surface area contributed by atoms with Crippen molar-refractivity contribution in [1.29, 1.82) is 0 Å². The molecule has 2 aromatic heterocycles. The number of aromatic nitrogens is 3. The molecule has 0 amide bonds. The van der Waals surface area contributed by atoms with Crippen LogP contribution < -0.4 is 11.1 Å². The molecule has 1 aromatic carbocycles. The van der Waals surface area contributed by atoms with Crippen LogP contribution in [0.15, 0.2) is 23.8 Å². The molecule has 8 heteroatoms. The lowest BCUT2D eigenvalue weighted by Crippen LogP contribution is -2.00. The van der Waals surface area contributed by atoms with Crippen LogP contribution in [0.3, 0.4) is 0 Å². The van der Waals surface area contributed by atoms with Gasteiger partial charge in [-0.3, -0.25) is 0 Å². The molecule has 3 rings (SSSR count). The topological polar surface area (TPSA) is 76.7 Å². The van der Waals surface area contributed by atoms with Crippen molar-refractivity contribution in [3.63, 3.8) is 0 Å². The molecule has 19 heavy (non-hydrogen) atoms. The maximum atomic E-state index is 6.06. The SMILES string of the molecule is Nc1c(Nc2nc(Cl)ncc2Cl)ccc2scnc12. The minimum absolute atomic E-state index is 0.111. The number of nitrogens with zero attached hydrogens (tertiary/aromatic N) is 3. The Morgan fingerprint density at radius 2 is 2.05 bits per heavy atom. The third kappa shape index (κ3) is 2.30. The molecule has 0 radical (unpaired) electrons. The molecule has 0 saturated carbocycles. The van der Waals surface area contributed by atoms with Crippen molar-refractivity contribution in [2.24, 2.45) is 0 Å². The Morgan fingerprint density at radius 3 is 2.89 bits per heavy atom. The van der Waals surface area contributed by atoms with Gasteiger partial charge in [0.05, 0.1) is 27.8 Å². The summed E-state index contributed by atoms with van der Waals surface area (Å²) in [5.41, 5.74) is 9.79. The lowest BCUT2D eigenvalue weighted by molar-refractivity contribution is 1.17. The largest absolute Gasteiger partial charge is 0.395 e. The molecule has 0 fully saturated rings. The molecule has 0 saturated heterocycles. The van der Waals surface area contributed by atoms with Crippen LogP contribution in [0.25, 0.3) is 10.2 Å². The van der Waals surface area contributed by atoms with Gasteiger partial charge < -0.3 is 11.1 Å². The van der Waals surface area contributed by atoms with E-state index >= 15 is 0 Å². The number of nitrogens with one attached hydrogen (secondary N) is 1. The summed E-state index contributed by atoms with van der Waals surface area (Å²) in [5.74, 6) is 0.406. The fourth-order valence-corrected chi connectivity index (χ4v) is 2.59. The quantitative estimate of drug-likeness (QED) is 0.557. The number of halogens is 2. The maximum absolute atomic E-state index is 6.06. The van der Waals surface area contributed by atoms with Gasteiger partial charge in [0.15, 0.2) is 5.82 Å². The maximum Gasteiger partial charge on any atom is 0.224 e. The van der Waals surface area contributed by atoms with E-state index in [0.717, 1.165) is 10.2 Å². The molecule has 3 N–H and O–H groups in total. The third-order valence-corrected chi connectivity index (χ3v) is 3.76. The first-order chi connectivity index (χ1) is 9.15. The van der Waals surface area contributed by atoms with Gasteiger partial charge in [0.1, 0.15) is 10.5 Å². The van der Waals surface area contributed by atoms with Crippen LogP contribution in [0, 0.1) is 0 Å². The van der Waals surface area contributed by atoms with Gasteiger partial charge >= 0.3 is 0 Å². The number of fused-ring (bicyclic) bond motifs is 1. The second kappa shape index (κ2) is 4.80. The van der Waals surface area contributed by atoms with E-state index in [0.29, 0.717) is 22.2 Å². The highest BCUT2D eigenvalue weighted by atomic mass is 35.5. The van der Waals surface area contributed by atoms with E-state index in [1.54, 1.807) is 5.51 Å². The van der Waals surface area contributed by atoms with Crippen LogP contribution in [-0.2, 0) is 0 Å². The Labute approximate surface area is 122 Å². The molecule has 0 bridgehead atoms. The molecule has 0 spiro atoms. The number of rotatable bonds is 2. The Morgan fingerprint density at radius 1 is 1.21 bits per heavy atom. The molecule has 96 valence electrons. The predicted octanol–water partition coefficient (Wildman–Crippen LogP) is 3.72. The molecule has 5 nitrogen and oxygen atoms in total. The average Bonchev–Trinajstić information content (AvgIpc) is 2.86. The van der Waals surface area contributed by atoms with Gasteiger partial charge in [-0.1, -0.05) is 11.6 Å². The summed E-state index contributed by atoms with van der Waals surface area (Å²) in [6.07, 6.45) is 1.43. The lowest BCUT2D eigenvalue weighted by atomic mass is 10.2. The molecule has 0 atom stereocenters. The fourth-order valence-electron chi connectivity index (χ4n) is 1.62. The fraction of sp³-hybridized carbons (Fsp3) is 0. The van der Waals surface area contributed by atoms with E-state index in [1.807, 2.05) is 12.1 Å². The van der Waals surface area contributed by atoms with Crippen molar-refractivity contribution in [3.05, 3.63) is 34.1 Å². The number of hydrogen-bond donors (Lipinski definition) is 2. The van der Waals surface area contributed by atoms with Crippen molar-refractivity contribution in [1.82, 2.24) is 15.0 Å². The second-order valence-electron chi connectivity index (χ2n) is 3.69. The standard InChI is InChI=1S/C11H7Cl2N5S/c12-5-3-15-11(13)18-10(5)17-6-1-2-7-9(8(6)14)16-4-19-7/h1-4H,14H2,(H,15,17,18). The number of hydrogen-bond acceptors (Lipinski definition) is 6. The summed E-state index contributed by atoms with van der Waals surface area (Å²) in [7, 11) is 0. The highest BCUT2D eigenvalue weighted by Gasteiger charge is 2.10. The average molecular weight is 312 g/mol. The van der Waals surface area contributed by atoms with Gasteiger partial charge in [-0.05, 0) is 23.7 Å². The Kier molecular flexibility index (Phi) is 3.14. The second-order valence-corrected chi connectivity index (χ2v) is 5.32. The van der Waals surface area contributed by atoms with E-state index < -0.39 is 0 Å². The normalized spacial score (nSPS) is 10.8. The van der Waals surface area contributed by atoms with Crippen molar-refractivity contribution >= 4 is 61.9 Å². The van der Waals surface area contributed by atoms with Crippen molar-refractivity contribution < 1.29 is 0 Å². The summed E-state index contributed by atoms with van der Waals surface area (Å²) >= 11 is 13.3. The first-order valence-corrected chi connectivity index (χ1v) is 6.85. The Bertz CT molecular complexity index is 758. The minimum atomic E-state index is 0.111. The van der Waals surface area contributed by atoms with Gasteiger partial charge in [0.2, 0.25) is 5.28 Å². The predicted molar refractivity (Wildman–Crippen MR) is 79.4 cm³/mol. The van der Waals surface area contributed by atoms with Gasteiger partial charge in [0.25, 0.3) is 0 Å². The number of benzene rings is 1. The molecular weight excluding hydrogens is 305 g/mol. The van der Waals surface area contributed by atoms with E-state index in [-0.39, 0.29) is 5.28 Å². The van der Waals surface area contributed by atoms with E-state index in [4.69, 9.17) is 28.9 Å². The first-order valence-electron chi connectivity index (χ1n) is 5.22. The zero-order valence-electron chi connectivity index (χ0n) is 9.39. The molecule has 2 heterocycles. The Hall–Kier alpha value is -1.63. The number of nitrogen functional groups attached to an aromatic ring is 1. The van der Waals surface area contributed by atoms with Crippen molar-refractivity contribution in [2.45, 2.75) is 0 Å². The number of anilines is 3. The van der Waals surface area contributed by atoms with Crippen LogP contribution in [0.2, 0.25) is 10.3 Å².